The molecule has 33 heavy (non-hydrogen) atoms. The number of alkyl halides is 3. The zero-order valence-electron chi connectivity index (χ0n) is 19.2. The van der Waals surface area contributed by atoms with E-state index in [9.17, 15) is 13.2 Å². The fraction of sp³-hybridized carbons (Fsp3) is 0.667. The summed E-state index contributed by atoms with van der Waals surface area (Å²) in [6.07, 6.45) is -0.752. The highest BCUT2D eigenvalue weighted by Gasteiger charge is 2.82. The Morgan fingerprint density at radius 2 is 2.06 bits per heavy atom. The Bertz CT molecular complexity index is 1090. The molecule has 4 fully saturated rings. The van der Waals surface area contributed by atoms with Crippen LogP contribution in [0.3, 0.4) is 0 Å². The second-order valence-electron chi connectivity index (χ2n) is 10.8. The van der Waals surface area contributed by atoms with E-state index in [1.165, 1.54) is 18.3 Å². The number of piperazine rings is 1. The van der Waals surface area contributed by atoms with Gasteiger partial charge in [0.25, 0.3) is 0 Å². The average molecular weight is 461 g/mol. The second-order valence-corrected chi connectivity index (χ2v) is 10.8. The van der Waals surface area contributed by atoms with Crippen LogP contribution >= 0.6 is 0 Å². The Kier molecular flexibility index (Phi) is 4.51. The van der Waals surface area contributed by atoms with Crippen molar-refractivity contribution in [3.8, 4) is 11.3 Å². The molecule has 0 aromatic carbocycles. The summed E-state index contributed by atoms with van der Waals surface area (Å²) < 4.78 is 42.2. The van der Waals surface area contributed by atoms with Gasteiger partial charge in [-0.25, -0.2) is 4.98 Å². The van der Waals surface area contributed by atoms with Gasteiger partial charge in [-0.15, -0.1) is 0 Å². The Balaban J connectivity index is 1.29. The predicted molar refractivity (Wildman–Crippen MR) is 119 cm³/mol. The maximum absolute atomic E-state index is 13.4. The Labute approximate surface area is 191 Å². The molecule has 1 aliphatic heterocycles. The molecule has 6 nitrogen and oxygen atoms in total. The van der Waals surface area contributed by atoms with Crippen molar-refractivity contribution >= 4 is 5.82 Å². The van der Waals surface area contributed by atoms with Gasteiger partial charge in [-0.2, -0.15) is 18.3 Å². The SMILES string of the molecule is CC1CN(C2CC3C4C2CC34c2cc(-c3cnc(N)c(C(F)(F)F)c3)nn2C(C)C)CCN1. The number of anilines is 1. The zero-order chi connectivity index (χ0) is 23.3. The molecule has 6 rings (SSSR count). The van der Waals surface area contributed by atoms with Crippen molar-refractivity contribution in [3.05, 3.63) is 29.6 Å². The maximum Gasteiger partial charge on any atom is 0.419 e. The molecule has 6 unspecified atom stereocenters. The summed E-state index contributed by atoms with van der Waals surface area (Å²) in [4.78, 5) is 6.50. The van der Waals surface area contributed by atoms with E-state index in [0.717, 1.165) is 38.0 Å². The summed E-state index contributed by atoms with van der Waals surface area (Å²) in [6.45, 7) is 9.72. The molecular weight excluding hydrogens is 429 g/mol. The molecule has 3 heterocycles. The fourth-order valence-electron chi connectivity index (χ4n) is 7.31. The number of rotatable bonds is 4. The predicted octanol–water partition coefficient (Wildman–Crippen LogP) is 3.70. The molecule has 2 aromatic heterocycles. The molecule has 0 amide bonds. The second kappa shape index (κ2) is 6.95. The quantitative estimate of drug-likeness (QED) is 0.728. The van der Waals surface area contributed by atoms with Gasteiger partial charge in [-0.1, -0.05) is 0 Å². The minimum Gasteiger partial charge on any atom is -0.383 e. The number of hydrogen-bond acceptors (Lipinski definition) is 5. The van der Waals surface area contributed by atoms with Crippen molar-refractivity contribution in [2.75, 3.05) is 25.4 Å². The van der Waals surface area contributed by atoms with Gasteiger partial charge >= 0.3 is 6.18 Å². The van der Waals surface area contributed by atoms with Crippen LogP contribution in [0.2, 0.25) is 0 Å². The first kappa shape index (κ1) is 21.4. The lowest BCUT2D eigenvalue weighted by molar-refractivity contribution is -0.137. The maximum atomic E-state index is 13.4. The van der Waals surface area contributed by atoms with Gasteiger partial charge in [0.2, 0.25) is 0 Å². The average Bonchev–Trinajstić information content (AvgIpc) is 3.06. The van der Waals surface area contributed by atoms with Gasteiger partial charge in [0, 0.05) is 60.6 Å². The summed E-state index contributed by atoms with van der Waals surface area (Å²) in [5, 5.41) is 8.30. The van der Waals surface area contributed by atoms with Crippen molar-refractivity contribution in [1.29, 1.82) is 0 Å². The lowest BCUT2D eigenvalue weighted by Gasteiger charge is -2.48. The van der Waals surface area contributed by atoms with Crippen LogP contribution in [0.4, 0.5) is 19.0 Å². The van der Waals surface area contributed by atoms with Gasteiger partial charge < -0.3 is 11.1 Å². The molecule has 2 aromatic rings. The van der Waals surface area contributed by atoms with E-state index < -0.39 is 17.6 Å². The van der Waals surface area contributed by atoms with Gasteiger partial charge in [-0.05, 0) is 63.5 Å². The van der Waals surface area contributed by atoms with Crippen LogP contribution in [0.15, 0.2) is 18.3 Å². The van der Waals surface area contributed by atoms with Gasteiger partial charge in [-0.3, -0.25) is 9.58 Å². The van der Waals surface area contributed by atoms with E-state index in [1.807, 2.05) is 10.7 Å². The standard InChI is InChI=1S/C24H31F3N6/c1-12(2)33-20(8-18(31-33)14-6-17(24(25,26)27)22(28)30-10-14)23-9-15-19(7-16(23)21(15)23)32-5-4-29-13(3)11-32/h6,8,10,12-13,15-16,19,21,29H,4-5,7,9,11H2,1-3H3,(H2,28,30). The minimum absolute atomic E-state index is 0.136. The molecule has 9 heteroatoms. The highest BCUT2D eigenvalue weighted by atomic mass is 19.4. The third-order valence-corrected chi connectivity index (χ3v) is 8.70. The lowest BCUT2D eigenvalue weighted by atomic mass is 9.66. The minimum atomic E-state index is -4.54. The van der Waals surface area contributed by atoms with Crippen LogP contribution < -0.4 is 11.1 Å². The molecule has 4 aliphatic rings. The fourth-order valence-corrected chi connectivity index (χ4v) is 7.31. The molecule has 178 valence electrons. The lowest BCUT2D eigenvalue weighted by Crippen LogP contribution is -2.57. The summed E-state index contributed by atoms with van der Waals surface area (Å²) in [5.41, 5.74) is 6.86. The van der Waals surface area contributed by atoms with Crippen LogP contribution in [0.25, 0.3) is 11.3 Å². The molecule has 0 radical (unpaired) electrons. The van der Waals surface area contributed by atoms with E-state index in [-0.39, 0.29) is 11.5 Å². The van der Waals surface area contributed by atoms with Gasteiger partial charge in [0.15, 0.2) is 0 Å². The number of nitrogen functional groups attached to an aromatic ring is 1. The zero-order valence-corrected chi connectivity index (χ0v) is 19.2. The number of nitrogens with zero attached hydrogens (tertiary/aromatic N) is 4. The number of hydrogen-bond donors (Lipinski definition) is 2. The van der Waals surface area contributed by atoms with Crippen LogP contribution in [0.1, 0.15) is 50.9 Å². The smallest absolute Gasteiger partial charge is 0.383 e. The third kappa shape index (κ3) is 3.00. The Hall–Kier alpha value is -2.13. The molecule has 1 saturated heterocycles. The van der Waals surface area contributed by atoms with Gasteiger partial charge in [0.1, 0.15) is 5.82 Å². The summed E-state index contributed by atoms with van der Waals surface area (Å²) >= 11 is 0. The monoisotopic (exact) mass is 460 g/mol. The molecule has 3 aliphatic carbocycles. The number of nitrogens with two attached hydrogens (primary N) is 1. The highest BCUT2D eigenvalue weighted by Crippen LogP contribution is 2.82. The van der Waals surface area contributed by atoms with E-state index in [1.54, 1.807) is 0 Å². The summed E-state index contributed by atoms with van der Waals surface area (Å²) in [5.74, 6) is 1.58. The molecule has 0 spiro atoms. The number of pyridine rings is 1. The van der Waals surface area contributed by atoms with E-state index in [0.29, 0.717) is 35.2 Å². The topological polar surface area (TPSA) is 72.0 Å². The van der Waals surface area contributed by atoms with Crippen molar-refractivity contribution in [3.63, 3.8) is 0 Å². The van der Waals surface area contributed by atoms with E-state index >= 15 is 0 Å². The Morgan fingerprint density at radius 3 is 2.67 bits per heavy atom. The van der Waals surface area contributed by atoms with Crippen molar-refractivity contribution in [1.82, 2.24) is 25.0 Å². The normalized spacial score (nSPS) is 35.5. The van der Waals surface area contributed by atoms with Crippen LogP contribution in [0.5, 0.6) is 0 Å². The van der Waals surface area contributed by atoms with Crippen molar-refractivity contribution < 1.29 is 13.2 Å². The molecular formula is C24H31F3N6. The number of aromatic nitrogens is 3. The van der Waals surface area contributed by atoms with Crippen molar-refractivity contribution in [2.45, 2.75) is 63.3 Å². The number of fused-ring (bicyclic) bond motifs is 1. The number of halogens is 3. The Morgan fingerprint density at radius 1 is 1.27 bits per heavy atom. The molecule has 3 N–H and O–H groups in total. The number of nitrogens with one attached hydrogen (secondary N) is 1. The highest BCUT2D eigenvalue weighted by molar-refractivity contribution is 5.64. The van der Waals surface area contributed by atoms with Crippen molar-refractivity contribution in [2.24, 2.45) is 17.8 Å². The summed E-state index contributed by atoms with van der Waals surface area (Å²) in [7, 11) is 0. The first-order valence-corrected chi connectivity index (χ1v) is 12.0. The summed E-state index contributed by atoms with van der Waals surface area (Å²) in [6, 6.07) is 4.45. The first-order valence-electron chi connectivity index (χ1n) is 12.0. The first-order chi connectivity index (χ1) is 15.6. The third-order valence-electron chi connectivity index (χ3n) is 8.70. The molecule has 3 saturated carbocycles. The largest absolute Gasteiger partial charge is 0.419 e. The molecule has 6 atom stereocenters. The van der Waals surface area contributed by atoms with Crippen LogP contribution in [-0.4, -0.2) is 51.4 Å². The van der Waals surface area contributed by atoms with Gasteiger partial charge in [0.05, 0.1) is 11.3 Å². The molecule has 0 bridgehead atoms. The van der Waals surface area contributed by atoms with E-state index in [4.69, 9.17) is 10.8 Å². The van der Waals surface area contributed by atoms with Crippen LogP contribution in [0, 0.1) is 17.8 Å². The van der Waals surface area contributed by atoms with Crippen LogP contribution in [-0.2, 0) is 11.6 Å². The van der Waals surface area contributed by atoms with E-state index in [2.05, 4.69) is 36.0 Å².